The Morgan fingerprint density at radius 3 is 2.43 bits per heavy atom. The SMILES string of the molecule is CCn1cc(N2CC(F)(F)C(F)(F)C2)c2nc(Cl)ncc21. The Hall–Kier alpha value is -1.57. The molecule has 0 atom stereocenters. The highest BCUT2D eigenvalue weighted by Gasteiger charge is 2.63. The molecule has 4 nitrogen and oxygen atoms in total. The zero-order valence-corrected chi connectivity index (χ0v) is 11.7. The van der Waals surface area contributed by atoms with Crippen LogP contribution in [0.25, 0.3) is 11.0 Å². The minimum Gasteiger partial charge on any atom is -0.356 e. The van der Waals surface area contributed by atoms with Gasteiger partial charge in [-0.3, -0.25) is 0 Å². The van der Waals surface area contributed by atoms with Crippen molar-refractivity contribution >= 4 is 28.3 Å². The molecular formula is C12H11ClF4N4. The average Bonchev–Trinajstić information content (AvgIpc) is 2.84. The molecule has 1 saturated heterocycles. The van der Waals surface area contributed by atoms with Crippen molar-refractivity contribution < 1.29 is 17.6 Å². The summed E-state index contributed by atoms with van der Waals surface area (Å²) in [6.07, 6.45) is 2.97. The van der Waals surface area contributed by atoms with Gasteiger partial charge in [0, 0.05) is 12.7 Å². The lowest BCUT2D eigenvalue weighted by atomic mass is 10.2. The molecule has 2 aromatic rings. The lowest BCUT2D eigenvalue weighted by molar-refractivity contribution is -0.172. The number of aromatic nitrogens is 3. The van der Waals surface area contributed by atoms with Gasteiger partial charge in [0.25, 0.3) is 0 Å². The molecule has 0 bridgehead atoms. The van der Waals surface area contributed by atoms with E-state index in [9.17, 15) is 17.6 Å². The number of hydrogen-bond donors (Lipinski definition) is 0. The molecule has 21 heavy (non-hydrogen) atoms. The first kappa shape index (κ1) is 14.4. The molecule has 1 aliphatic rings. The summed E-state index contributed by atoms with van der Waals surface area (Å²) in [7, 11) is 0. The second-order valence-electron chi connectivity index (χ2n) is 4.94. The Bertz CT molecular complexity index is 684. The minimum absolute atomic E-state index is 0.0599. The minimum atomic E-state index is -4.07. The Balaban J connectivity index is 2.12. The summed E-state index contributed by atoms with van der Waals surface area (Å²) in [5, 5.41) is -0.0599. The van der Waals surface area contributed by atoms with E-state index in [1.165, 1.54) is 12.4 Å². The zero-order valence-electron chi connectivity index (χ0n) is 11.0. The van der Waals surface area contributed by atoms with Crippen molar-refractivity contribution in [2.75, 3.05) is 18.0 Å². The fraction of sp³-hybridized carbons (Fsp3) is 0.500. The van der Waals surface area contributed by atoms with Crippen LogP contribution in [-0.4, -0.2) is 39.5 Å². The summed E-state index contributed by atoms with van der Waals surface area (Å²) in [6, 6.07) is 0. The van der Waals surface area contributed by atoms with E-state index in [0.29, 0.717) is 17.6 Å². The van der Waals surface area contributed by atoms with Gasteiger partial charge >= 0.3 is 11.8 Å². The van der Waals surface area contributed by atoms with E-state index in [4.69, 9.17) is 11.6 Å². The van der Waals surface area contributed by atoms with Crippen LogP contribution in [0, 0.1) is 0 Å². The lowest BCUT2D eigenvalue weighted by Gasteiger charge is -2.15. The first-order valence-corrected chi connectivity index (χ1v) is 6.65. The molecular weight excluding hydrogens is 312 g/mol. The summed E-state index contributed by atoms with van der Waals surface area (Å²) >= 11 is 5.72. The molecule has 3 rings (SSSR count). The highest BCUT2D eigenvalue weighted by atomic mass is 35.5. The average molecular weight is 323 g/mol. The largest absolute Gasteiger partial charge is 0.356 e. The number of aryl methyl sites for hydroxylation is 1. The number of halogens is 5. The van der Waals surface area contributed by atoms with Gasteiger partial charge < -0.3 is 9.47 Å². The zero-order chi connectivity index (χ0) is 15.4. The maximum Gasteiger partial charge on any atom is 0.329 e. The van der Waals surface area contributed by atoms with E-state index in [2.05, 4.69) is 9.97 Å². The molecule has 0 aromatic carbocycles. The Labute approximate surface area is 122 Å². The van der Waals surface area contributed by atoms with Crippen LogP contribution in [0.5, 0.6) is 0 Å². The highest BCUT2D eigenvalue weighted by Crippen LogP contribution is 2.44. The van der Waals surface area contributed by atoms with Gasteiger partial charge in [-0.05, 0) is 18.5 Å². The predicted molar refractivity (Wildman–Crippen MR) is 70.3 cm³/mol. The first-order valence-electron chi connectivity index (χ1n) is 6.27. The smallest absolute Gasteiger partial charge is 0.329 e. The Kier molecular flexibility index (Phi) is 3.05. The Morgan fingerprint density at radius 2 is 1.86 bits per heavy atom. The van der Waals surface area contributed by atoms with Gasteiger partial charge in [-0.25, -0.2) is 9.97 Å². The normalized spacial score (nSPS) is 20.4. The second-order valence-corrected chi connectivity index (χ2v) is 5.28. The van der Waals surface area contributed by atoms with Gasteiger partial charge in [0.2, 0.25) is 5.28 Å². The molecule has 1 fully saturated rings. The van der Waals surface area contributed by atoms with Crippen LogP contribution in [-0.2, 0) is 6.54 Å². The molecule has 2 aromatic heterocycles. The molecule has 0 amide bonds. The number of rotatable bonds is 2. The van der Waals surface area contributed by atoms with Crippen molar-refractivity contribution in [2.45, 2.75) is 25.3 Å². The molecule has 0 saturated carbocycles. The molecule has 3 heterocycles. The maximum absolute atomic E-state index is 13.4. The van der Waals surface area contributed by atoms with Gasteiger partial charge in [-0.2, -0.15) is 17.6 Å². The summed E-state index contributed by atoms with van der Waals surface area (Å²) in [5.41, 5.74) is 1.08. The molecule has 1 aliphatic heterocycles. The van der Waals surface area contributed by atoms with E-state index >= 15 is 0 Å². The van der Waals surface area contributed by atoms with Crippen molar-refractivity contribution in [1.82, 2.24) is 14.5 Å². The van der Waals surface area contributed by atoms with Crippen LogP contribution in [0.4, 0.5) is 23.2 Å². The highest BCUT2D eigenvalue weighted by molar-refractivity contribution is 6.28. The van der Waals surface area contributed by atoms with Gasteiger partial charge in [-0.15, -0.1) is 0 Å². The molecule has 114 valence electrons. The van der Waals surface area contributed by atoms with E-state index in [1.807, 2.05) is 6.92 Å². The number of hydrogen-bond acceptors (Lipinski definition) is 3. The van der Waals surface area contributed by atoms with Crippen LogP contribution in [0.15, 0.2) is 12.4 Å². The third kappa shape index (κ3) is 2.12. The van der Waals surface area contributed by atoms with E-state index in [-0.39, 0.29) is 11.0 Å². The van der Waals surface area contributed by atoms with E-state index < -0.39 is 24.9 Å². The Morgan fingerprint density at radius 1 is 1.24 bits per heavy atom. The van der Waals surface area contributed by atoms with Crippen LogP contribution in [0.1, 0.15) is 6.92 Å². The summed E-state index contributed by atoms with van der Waals surface area (Å²) in [5.74, 6) is -8.13. The lowest BCUT2D eigenvalue weighted by Crippen LogP contribution is -2.38. The number of fused-ring (bicyclic) bond motifs is 1. The van der Waals surface area contributed by atoms with Crippen molar-refractivity contribution in [3.63, 3.8) is 0 Å². The van der Waals surface area contributed by atoms with Crippen LogP contribution >= 0.6 is 11.6 Å². The topological polar surface area (TPSA) is 34.0 Å². The van der Waals surface area contributed by atoms with Crippen molar-refractivity contribution in [2.24, 2.45) is 0 Å². The third-order valence-electron chi connectivity index (χ3n) is 3.57. The first-order chi connectivity index (χ1) is 9.75. The fourth-order valence-electron chi connectivity index (χ4n) is 2.46. The molecule has 0 N–H and O–H groups in total. The number of alkyl halides is 4. The molecule has 0 radical (unpaired) electrons. The van der Waals surface area contributed by atoms with Crippen LogP contribution in [0.2, 0.25) is 5.28 Å². The molecule has 9 heteroatoms. The summed E-state index contributed by atoms with van der Waals surface area (Å²) < 4.78 is 55.2. The van der Waals surface area contributed by atoms with Gasteiger partial charge in [0.05, 0.1) is 30.5 Å². The standard InChI is InChI=1S/C12H11ClF4N4/c1-2-20-4-8(9-7(20)3-18-10(13)19-9)21-5-11(14,15)12(16,17)6-21/h3-4H,2,5-6H2,1H3. The van der Waals surface area contributed by atoms with Crippen LogP contribution in [0.3, 0.4) is 0 Å². The monoisotopic (exact) mass is 322 g/mol. The summed E-state index contributed by atoms with van der Waals surface area (Å²) in [4.78, 5) is 8.76. The van der Waals surface area contributed by atoms with Gasteiger partial charge in [-0.1, -0.05) is 0 Å². The van der Waals surface area contributed by atoms with E-state index in [1.54, 1.807) is 4.57 Å². The second kappa shape index (κ2) is 4.46. The maximum atomic E-state index is 13.4. The predicted octanol–water partition coefficient (Wildman–Crippen LogP) is 3.20. The van der Waals surface area contributed by atoms with Crippen molar-refractivity contribution in [3.8, 4) is 0 Å². The molecule has 0 aliphatic carbocycles. The molecule has 0 spiro atoms. The fourth-order valence-corrected chi connectivity index (χ4v) is 2.59. The van der Waals surface area contributed by atoms with Crippen molar-refractivity contribution in [1.29, 1.82) is 0 Å². The van der Waals surface area contributed by atoms with Crippen molar-refractivity contribution in [3.05, 3.63) is 17.7 Å². The number of nitrogens with zero attached hydrogens (tertiary/aromatic N) is 4. The number of anilines is 1. The summed E-state index contributed by atoms with van der Waals surface area (Å²) in [6.45, 7) is 0.266. The van der Waals surface area contributed by atoms with E-state index in [0.717, 1.165) is 4.90 Å². The van der Waals surface area contributed by atoms with Gasteiger partial charge in [0.15, 0.2) is 0 Å². The van der Waals surface area contributed by atoms with Gasteiger partial charge in [0.1, 0.15) is 5.52 Å². The third-order valence-corrected chi connectivity index (χ3v) is 3.75. The molecule has 0 unspecified atom stereocenters. The van der Waals surface area contributed by atoms with Crippen LogP contribution < -0.4 is 4.90 Å². The quantitative estimate of drug-likeness (QED) is 0.629.